The highest BCUT2D eigenvalue weighted by Gasteiger charge is 2.67. The van der Waals surface area contributed by atoms with Gasteiger partial charge in [-0.25, -0.2) is 0 Å². The zero-order valence-electron chi connectivity index (χ0n) is 31.4. The fourth-order valence-corrected chi connectivity index (χ4v) is 10.3. The van der Waals surface area contributed by atoms with E-state index in [0.717, 1.165) is 24.0 Å². The van der Waals surface area contributed by atoms with E-state index in [9.17, 15) is 19.5 Å². The van der Waals surface area contributed by atoms with Gasteiger partial charge in [-0.05, 0) is 82.6 Å². The number of aliphatic hydroxyl groups is 1. The molecule has 52 heavy (non-hydrogen) atoms. The Kier molecular flexibility index (Phi) is 12.1. The van der Waals surface area contributed by atoms with Crippen LogP contribution >= 0.6 is 0 Å². The molecule has 0 bridgehead atoms. The molecule has 2 aromatic carbocycles. The molecule has 0 aliphatic carbocycles. The Hall–Kier alpha value is -4.32. The number of aromatic nitrogens is 1. The van der Waals surface area contributed by atoms with E-state index in [0.29, 0.717) is 16.9 Å². The molecule has 2 aliphatic rings. The van der Waals surface area contributed by atoms with Gasteiger partial charge in [-0.1, -0.05) is 60.6 Å². The van der Waals surface area contributed by atoms with E-state index < -0.39 is 31.6 Å². The van der Waals surface area contributed by atoms with Gasteiger partial charge < -0.3 is 28.5 Å². The Morgan fingerprint density at radius 2 is 1.81 bits per heavy atom. The number of rotatable bonds is 14. The normalized spacial score (nSPS) is 21.4. The van der Waals surface area contributed by atoms with Gasteiger partial charge in [-0.3, -0.25) is 19.0 Å². The van der Waals surface area contributed by atoms with E-state index in [1.807, 2.05) is 56.3 Å². The first-order valence-corrected chi connectivity index (χ1v) is 21.0. The van der Waals surface area contributed by atoms with Crippen molar-refractivity contribution >= 4 is 25.9 Å². The molecule has 278 valence electrons. The molecule has 3 heterocycles. The van der Waals surface area contributed by atoms with Crippen molar-refractivity contribution in [2.24, 2.45) is 5.92 Å². The summed E-state index contributed by atoms with van der Waals surface area (Å²) in [6, 6.07) is 18.2. The average molecular weight is 730 g/mol. The van der Waals surface area contributed by atoms with Gasteiger partial charge in [-0.2, -0.15) is 0 Å². The molecular formula is C41H52FN3O6Si. The predicted molar refractivity (Wildman–Crippen MR) is 205 cm³/mol. The number of carbonyl (C=O) groups excluding carboxylic acids is 2. The van der Waals surface area contributed by atoms with Crippen LogP contribution in [0, 0.1) is 5.92 Å². The lowest BCUT2D eigenvalue weighted by molar-refractivity contribution is -0.149. The first-order chi connectivity index (χ1) is 24.7. The number of allylic oxidation sites excluding steroid dienone is 3. The SMILES string of the molecule is COc1cccn(-c2ccc3c(c2)[C@@]2(O[C@H](CC(=O)N(CCO)Cc4ccccc4)[C@@H]([Si](C)(C)F)[C@@H]2C)C(=O)N3C/C=C(\C)CCC=C(C)C)c1=O. The summed E-state index contributed by atoms with van der Waals surface area (Å²) in [4.78, 5) is 45.5. The molecule has 4 atom stereocenters. The molecule has 11 heteroatoms. The molecule has 1 aromatic heterocycles. The fourth-order valence-electron chi connectivity index (χ4n) is 7.85. The van der Waals surface area contributed by atoms with Crippen molar-refractivity contribution < 1.29 is 28.3 Å². The van der Waals surface area contributed by atoms with Crippen LogP contribution in [0.25, 0.3) is 5.69 Å². The molecule has 1 fully saturated rings. The minimum atomic E-state index is -3.58. The van der Waals surface area contributed by atoms with E-state index in [1.54, 1.807) is 53.4 Å². The number of ether oxygens (including phenoxy) is 2. The van der Waals surface area contributed by atoms with Crippen molar-refractivity contribution in [3.8, 4) is 11.4 Å². The number of hydrogen-bond acceptors (Lipinski definition) is 6. The van der Waals surface area contributed by atoms with Crippen LogP contribution in [-0.4, -0.2) is 67.7 Å². The number of carbonyl (C=O) groups is 2. The van der Waals surface area contributed by atoms with Crippen LogP contribution in [0.1, 0.15) is 58.1 Å². The third-order valence-electron chi connectivity index (χ3n) is 10.4. The number of anilines is 1. The van der Waals surface area contributed by atoms with Gasteiger partial charge in [-0.15, -0.1) is 0 Å². The molecule has 0 saturated carbocycles. The Bertz CT molecular complexity index is 1880. The van der Waals surface area contributed by atoms with Gasteiger partial charge in [0.2, 0.25) is 14.3 Å². The van der Waals surface area contributed by atoms with Crippen molar-refractivity contribution in [1.29, 1.82) is 0 Å². The minimum Gasteiger partial charge on any atom is -0.491 e. The van der Waals surface area contributed by atoms with Gasteiger partial charge in [0.15, 0.2) is 11.4 Å². The number of fused-ring (bicyclic) bond motifs is 2. The van der Waals surface area contributed by atoms with Crippen LogP contribution in [0.3, 0.4) is 0 Å². The molecule has 1 spiro atoms. The summed E-state index contributed by atoms with van der Waals surface area (Å²) in [5.41, 5.74) is 2.30. The Morgan fingerprint density at radius 3 is 2.46 bits per heavy atom. The van der Waals surface area contributed by atoms with E-state index in [1.165, 1.54) is 17.3 Å². The Morgan fingerprint density at radius 1 is 1.08 bits per heavy atom. The summed E-state index contributed by atoms with van der Waals surface area (Å²) in [6.45, 7) is 11.7. The van der Waals surface area contributed by atoms with Gasteiger partial charge in [0.05, 0.1) is 31.9 Å². The second-order valence-corrected chi connectivity index (χ2v) is 18.5. The largest absolute Gasteiger partial charge is 0.491 e. The molecule has 1 saturated heterocycles. The highest BCUT2D eigenvalue weighted by atomic mass is 28.4. The third-order valence-corrected chi connectivity index (χ3v) is 12.8. The van der Waals surface area contributed by atoms with E-state index in [-0.39, 0.29) is 55.8 Å². The lowest BCUT2D eigenvalue weighted by atomic mass is 9.82. The Balaban J connectivity index is 1.58. The van der Waals surface area contributed by atoms with Crippen molar-refractivity contribution in [1.82, 2.24) is 9.47 Å². The number of aliphatic hydroxyl groups excluding tert-OH is 1. The predicted octanol–water partition coefficient (Wildman–Crippen LogP) is 7.07. The number of amides is 2. The maximum absolute atomic E-state index is 16.6. The lowest BCUT2D eigenvalue weighted by Crippen LogP contribution is -2.45. The van der Waals surface area contributed by atoms with Gasteiger partial charge in [0.1, 0.15) is 0 Å². The summed E-state index contributed by atoms with van der Waals surface area (Å²) in [6.07, 6.45) is 6.56. The zero-order chi connectivity index (χ0) is 37.8. The lowest BCUT2D eigenvalue weighted by Gasteiger charge is -2.31. The second-order valence-electron chi connectivity index (χ2n) is 14.7. The highest BCUT2D eigenvalue weighted by Crippen LogP contribution is 2.60. The fraction of sp³-hybridized carbons (Fsp3) is 0.439. The van der Waals surface area contributed by atoms with Crippen molar-refractivity contribution in [2.75, 3.05) is 31.7 Å². The van der Waals surface area contributed by atoms with Crippen LogP contribution in [0.4, 0.5) is 9.80 Å². The summed E-state index contributed by atoms with van der Waals surface area (Å²) in [7, 11) is -2.14. The highest BCUT2D eigenvalue weighted by molar-refractivity contribution is 6.72. The molecule has 3 aromatic rings. The van der Waals surface area contributed by atoms with E-state index in [4.69, 9.17) is 9.47 Å². The zero-order valence-corrected chi connectivity index (χ0v) is 32.4. The minimum absolute atomic E-state index is 0.107. The summed E-state index contributed by atoms with van der Waals surface area (Å²) in [5, 5.41) is 9.85. The topological polar surface area (TPSA) is 101 Å². The molecule has 9 nitrogen and oxygen atoms in total. The average Bonchev–Trinajstić information content (AvgIpc) is 3.52. The first-order valence-electron chi connectivity index (χ1n) is 18.0. The van der Waals surface area contributed by atoms with Crippen molar-refractivity contribution in [2.45, 2.75) is 83.8 Å². The number of benzene rings is 2. The third kappa shape index (κ3) is 7.86. The molecule has 2 aliphatic heterocycles. The number of nitrogens with zero attached hydrogens (tertiary/aromatic N) is 3. The maximum atomic E-state index is 16.6. The Labute approximate surface area is 307 Å². The molecule has 0 unspecified atom stereocenters. The quantitative estimate of drug-likeness (QED) is 0.108. The first kappa shape index (κ1) is 38.9. The monoisotopic (exact) mass is 729 g/mol. The number of methoxy groups -OCH3 is 1. The van der Waals surface area contributed by atoms with Crippen LogP contribution in [0.15, 0.2) is 95.0 Å². The van der Waals surface area contributed by atoms with Gasteiger partial charge in [0, 0.05) is 48.5 Å². The maximum Gasteiger partial charge on any atom is 0.297 e. The number of pyridine rings is 1. The molecule has 2 amide bonds. The standard InChI is InChI=1S/C41H52FN3O6Si/c1-28(2)13-11-14-29(3)20-22-45-34-19-18-32(44-21-12-17-35(50-5)39(44)48)25-33(34)41(40(45)49)30(4)38(52(6,7)42)36(51-41)26-37(47)43(23-24-46)27-31-15-9-8-10-16-31/h8-10,12-13,15-21,25,30,36,38,46H,11,14,22-24,26-27H2,1-7H3/b29-20+/t30-,36+,38-,41+/m0/s1. The van der Waals surface area contributed by atoms with Crippen LogP contribution < -0.4 is 15.2 Å². The number of halogens is 1. The van der Waals surface area contributed by atoms with Crippen molar-refractivity contribution in [3.63, 3.8) is 0 Å². The second kappa shape index (κ2) is 16.1. The number of hydrogen-bond donors (Lipinski definition) is 1. The molecule has 0 radical (unpaired) electrons. The van der Waals surface area contributed by atoms with Gasteiger partial charge in [0.25, 0.3) is 11.5 Å². The smallest absolute Gasteiger partial charge is 0.297 e. The molecule has 1 N–H and O–H groups in total. The van der Waals surface area contributed by atoms with Gasteiger partial charge >= 0.3 is 0 Å². The van der Waals surface area contributed by atoms with E-state index >= 15 is 4.11 Å². The van der Waals surface area contributed by atoms with E-state index in [2.05, 4.69) is 19.9 Å². The molecule has 5 rings (SSSR count). The van der Waals surface area contributed by atoms with Crippen LogP contribution in [-0.2, 0) is 26.5 Å². The summed E-state index contributed by atoms with van der Waals surface area (Å²) in [5.74, 6) is -1.06. The van der Waals surface area contributed by atoms with Crippen LogP contribution in [0.5, 0.6) is 5.75 Å². The summed E-state index contributed by atoms with van der Waals surface area (Å²) < 4.78 is 30.2. The summed E-state index contributed by atoms with van der Waals surface area (Å²) >= 11 is 0. The molecular weight excluding hydrogens is 678 g/mol. The van der Waals surface area contributed by atoms with Crippen LogP contribution in [0.2, 0.25) is 18.6 Å². The van der Waals surface area contributed by atoms with Crippen molar-refractivity contribution in [3.05, 3.63) is 112 Å².